The number of ether oxygens (including phenoxy) is 1. The van der Waals surface area contributed by atoms with Crippen LogP contribution < -0.4 is 10.1 Å². The van der Waals surface area contributed by atoms with Gasteiger partial charge in [-0.15, -0.1) is 0 Å². The maximum atomic E-state index is 12.2. The monoisotopic (exact) mass is 295 g/mol. The Morgan fingerprint density at radius 1 is 1.09 bits per heavy atom. The molecule has 112 valence electrons. The fraction of sp³-hybridized carbons (Fsp3) is 0.222. The molecule has 0 radical (unpaired) electrons. The van der Waals surface area contributed by atoms with Crippen LogP contribution in [-0.4, -0.2) is 18.8 Å². The Kier molecular flexibility index (Phi) is 3.92. The van der Waals surface area contributed by atoms with Crippen LogP contribution >= 0.6 is 0 Å². The molecule has 0 aliphatic heterocycles. The number of hydrogen-bond acceptors (Lipinski definition) is 3. The molecule has 0 saturated heterocycles. The van der Waals surface area contributed by atoms with E-state index >= 15 is 0 Å². The van der Waals surface area contributed by atoms with Gasteiger partial charge in [0.25, 0.3) is 5.91 Å². The van der Waals surface area contributed by atoms with Crippen LogP contribution in [0.4, 0.5) is 5.69 Å². The highest BCUT2D eigenvalue weighted by Crippen LogP contribution is 2.24. The van der Waals surface area contributed by atoms with Gasteiger partial charge in [-0.1, -0.05) is 0 Å². The van der Waals surface area contributed by atoms with Gasteiger partial charge in [0.1, 0.15) is 5.75 Å². The normalized spacial score (nSPS) is 13.4. The van der Waals surface area contributed by atoms with E-state index in [1.54, 1.807) is 43.5 Å². The summed E-state index contributed by atoms with van der Waals surface area (Å²) in [5.74, 6) is 0.725. The molecular weight excluding hydrogens is 278 g/mol. The molecule has 0 unspecified atom stereocenters. The number of carbonyl (C=O) groups excluding carboxylic acids is 2. The van der Waals surface area contributed by atoms with Gasteiger partial charge in [-0.2, -0.15) is 0 Å². The number of benzene rings is 2. The molecule has 1 aliphatic carbocycles. The number of carbonyl (C=O) groups is 2. The number of hydrogen-bond donors (Lipinski definition) is 1. The lowest BCUT2D eigenvalue weighted by Gasteiger charge is -2.16. The van der Waals surface area contributed by atoms with Crippen molar-refractivity contribution < 1.29 is 14.3 Å². The first-order valence-corrected chi connectivity index (χ1v) is 7.29. The summed E-state index contributed by atoms with van der Waals surface area (Å²) in [5.41, 5.74) is 3.08. The highest BCUT2D eigenvalue weighted by molar-refractivity contribution is 6.05. The highest BCUT2D eigenvalue weighted by Gasteiger charge is 2.17. The molecule has 3 rings (SSSR count). The van der Waals surface area contributed by atoms with E-state index in [-0.39, 0.29) is 11.7 Å². The molecule has 4 heteroatoms. The molecule has 1 N–H and O–H groups in total. The molecule has 1 amide bonds. The molecule has 22 heavy (non-hydrogen) atoms. The fourth-order valence-corrected chi connectivity index (χ4v) is 2.67. The van der Waals surface area contributed by atoms with Crippen molar-refractivity contribution in [2.75, 3.05) is 12.4 Å². The van der Waals surface area contributed by atoms with Crippen molar-refractivity contribution in [1.29, 1.82) is 0 Å². The van der Waals surface area contributed by atoms with E-state index in [0.29, 0.717) is 23.4 Å². The molecular formula is C18H17NO3. The van der Waals surface area contributed by atoms with E-state index < -0.39 is 0 Å². The first kappa shape index (κ1) is 14.3. The molecule has 2 aromatic rings. The standard InChI is InChI=1S/C18H17NO3/c1-22-15-8-5-12(6-9-15)18(21)19-14-7-10-16-13(11-14)3-2-4-17(16)20/h5-11H,2-4H2,1H3,(H,19,21). The van der Waals surface area contributed by atoms with Gasteiger partial charge < -0.3 is 10.1 Å². The Balaban J connectivity index is 1.77. The minimum absolute atomic E-state index is 0.176. The second-order valence-electron chi connectivity index (χ2n) is 5.33. The molecule has 0 fully saturated rings. The van der Waals surface area contributed by atoms with Crippen molar-refractivity contribution >= 4 is 17.4 Å². The van der Waals surface area contributed by atoms with Crippen LogP contribution in [-0.2, 0) is 6.42 Å². The maximum Gasteiger partial charge on any atom is 0.255 e. The molecule has 1 aliphatic rings. The summed E-state index contributed by atoms with van der Waals surface area (Å²) in [6, 6.07) is 12.4. The van der Waals surface area contributed by atoms with E-state index in [1.807, 2.05) is 6.07 Å². The lowest BCUT2D eigenvalue weighted by Crippen LogP contribution is -2.14. The van der Waals surface area contributed by atoms with Crippen molar-refractivity contribution in [1.82, 2.24) is 0 Å². The summed E-state index contributed by atoms with van der Waals surface area (Å²) >= 11 is 0. The predicted molar refractivity (Wildman–Crippen MR) is 84.7 cm³/mol. The number of ketones is 1. The lowest BCUT2D eigenvalue weighted by molar-refractivity contribution is 0.0971. The summed E-state index contributed by atoms with van der Waals surface area (Å²) in [6.07, 6.45) is 2.37. The van der Waals surface area contributed by atoms with Gasteiger partial charge in [0.2, 0.25) is 0 Å². The van der Waals surface area contributed by atoms with Gasteiger partial charge in [-0.3, -0.25) is 9.59 Å². The average Bonchev–Trinajstić information content (AvgIpc) is 2.55. The largest absolute Gasteiger partial charge is 0.497 e. The zero-order chi connectivity index (χ0) is 15.5. The molecule has 0 saturated carbocycles. The Morgan fingerprint density at radius 3 is 2.59 bits per heavy atom. The van der Waals surface area contributed by atoms with Crippen LogP contribution in [0.5, 0.6) is 5.75 Å². The molecule has 0 aromatic heterocycles. The maximum absolute atomic E-state index is 12.2. The van der Waals surface area contributed by atoms with Gasteiger partial charge >= 0.3 is 0 Å². The second-order valence-corrected chi connectivity index (χ2v) is 5.33. The molecule has 0 spiro atoms. The smallest absolute Gasteiger partial charge is 0.255 e. The fourth-order valence-electron chi connectivity index (χ4n) is 2.67. The van der Waals surface area contributed by atoms with E-state index in [1.165, 1.54) is 0 Å². The SMILES string of the molecule is COc1ccc(C(=O)Nc2ccc3c(c2)CCCC3=O)cc1. The van der Waals surface area contributed by atoms with Crippen molar-refractivity contribution in [2.24, 2.45) is 0 Å². The predicted octanol–water partition coefficient (Wildman–Crippen LogP) is 3.47. The van der Waals surface area contributed by atoms with E-state index in [0.717, 1.165) is 24.0 Å². The quantitative estimate of drug-likeness (QED) is 0.943. The van der Waals surface area contributed by atoms with Crippen molar-refractivity contribution in [3.8, 4) is 5.75 Å². The van der Waals surface area contributed by atoms with Gasteiger partial charge in [0, 0.05) is 23.2 Å². The second kappa shape index (κ2) is 6.02. The Hall–Kier alpha value is -2.62. The molecule has 4 nitrogen and oxygen atoms in total. The minimum Gasteiger partial charge on any atom is -0.497 e. The van der Waals surface area contributed by atoms with Crippen LogP contribution in [0.3, 0.4) is 0 Å². The number of rotatable bonds is 3. The third-order valence-corrected chi connectivity index (χ3v) is 3.87. The molecule has 2 aromatic carbocycles. The molecule has 0 heterocycles. The van der Waals surface area contributed by atoms with Gasteiger partial charge in [0.15, 0.2) is 5.78 Å². The minimum atomic E-state index is -0.176. The summed E-state index contributed by atoms with van der Waals surface area (Å²) in [5, 5.41) is 2.87. The first-order chi connectivity index (χ1) is 10.7. The average molecular weight is 295 g/mol. The van der Waals surface area contributed by atoms with E-state index in [2.05, 4.69) is 5.32 Å². The van der Waals surface area contributed by atoms with Crippen LogP contribution in [0, 0.1) is 0 Å². The Labute approximate surface area is 129 Å². The first-order valence-electron chi connectivity index (χ1n) is 7.29. The molecule has 0 atom stereocenters. The summed E-state index contributed by atoms with van der Waals surface area (Å²) in [4.78, 5) is 24.0. The van der Waals surface area contributed by atoms with Crippen LogP contribution in [0.1, 0.15) is 39.1 Å². The van der Waals surface area contributed by atoms with Gasteiger partial charge in [0.05, 0.1) is 7.11 Å². The zero-order valence-corrected chi connectivity index (χ0v) is 12.4. The number of methoxy groups -OCH3 is 1. The lowest BCUT2D eigenvalue weighted by atomic mass is 9.90. The number of nitrogens with one attached hydrogen (secondary N) is 1. The number of amides is 1. The van der Waals surface area contributed by atoms with Crippen molar-refractivity contribution in [3.05, 3.63) is 59.2 Å². The van der Waals surface area contributed by atoms with Crippen LogP contribution in [0.2, 0.25) is 0 Å². The Bertz CT molecular complexity index is 720. The van der Waals surface area contributed by atoms with E-state index in [4.69, 9.17) is 4.74 Å². The number of Topliss-reactive ketones (excluding diaryl/α,β-unsaturated/α-hetero) is 1. The Morgan fingerprint density at radius 2 is 1.86 bits per heavy atom. The summed E-state index contributed by atoms with van der Waals surface area (Å²) < 4.78 is 5.08. The number of aryl methyl sites for hydroxylation is 1. The van der Waals surface area contributed by atoms with Crippen molar-refractivity contribution in [2.45, 2.75) is 19.3 Å². The third-order valence-electron chi connectivity index (χ3n) is 3.87. The van der Waals surface area contributed by atoms with Gasteiger partial charge in [-0.25, -0.2) is 0 Å². The number of fused-ring (bicyclic) bond motifs is 1. The van der Waals surface area contributed by atoms with Gasteiger partial charge in [-0.05, 0) is 60.9 Å². The highest BCUT2D eigenvalue weighted by atomic mass is 16.5. The zero-order valence-electron chi connectivity index (χ0n) is 12.4. The van der Waals surface area contributed by atoms with Crippen LogP contribution in [0.15, 0.2) is 42.5 Å². The summed E-state index contributed by atoms with van der Waals surface area (Å²) in [7, 11) is 1.59. The summed E-state index contributed by atoms with van der Waals surface area (Å²) in [6.45, 7) is 0. The van der Waals surface area contributed by atoms with E-state index in [9.17, 15) is 9.59 Å². The third kappa shape index (κ3) is 2.86. The van der Waals surface area contributed by atoms with Crippen molar-refractivity contribution in [3.63, 3.8) is 0 Å². The molecule has 0 bridgehead atoms. The topological polar surface area (TPSA) is 55.4 Å². The van der Waals surface area contributed by atoms with Crippen LogP contribution in [0.25, 0.3) is 0 Å². The number of anilines is 1.